The van der Waals surface area contributed by atoms with E-state index in [-0.39, 0.29) is 42.0 Å². The largest absolute Gasteiger partial charge is 0.496 e. The third kappa shape index (κ3) is 6.11. The lowest BCUT2D eigenvalue weighted by Crippen LogP contribution is -2.23. The maximum absolute atomic E-state index is 12.3. The SMILES string of the molecule is C=C(C)C(=O)OCCOC(=O)c1cc(OC(=O)C2CCCCC2)ccc1OC. The molecule has 0 radical (unpaired) electrons. The normalized spacial score (nSPS) is 14.1. The van der Waals surface area contributed by atoms with Crippen molar-refractivity contribution in [3.8, 4) is 11.5 Å². The van der Waals surface area contributed by atoms with Gasteiger partial charge in [0.1, 0.15) is 30.3 Å². The Bertz CT molecular complexity index is 732. The van der Waals surface area contributed by atoms with Gasteiger partial charge in [-0.1, -0.05) is 25.8 Å². The second kappa shape index (κ2) is 10.5. The molecule has 28 heavy (non-hydrogen) atoms. The van der Waals surface area contributed by atoms with Crippen molar-refractivity contribution in [2.45, 2.75) is 39.0 Å². The summed E-state index contributed by atoms with van der Waals surface area (Å²) in [5.74, 6) is -1.05. The van der Waals surface area contributed by atoms with Crippen LogP contribution in [0, 0.1) is 5.92 Å². The summed E-state index contributed by atoms with van der Waals surface area (Å²) in [5, 5.41) is 0. The summed E-state index contributed by atoms with van der Waals surface area (Å²) in [6.45, 7) is 4.79. The van der Waals surface area contributed by atoms with E-state index in [4.69, 9.17) is 18.9 Å². The zero-order valence-electron chi connectivity index (χ0n) is 16.3. The molecule has 0 aromatic heterocycles. The number of rotatable bonds is 8. The fraction of sp³-hybridized carbons (Fsp3) is 0.476. The summed E-state index contributed by atoms with van der Waals surface area (Å²) in [7, 11) is 1.43. The second-order valence-electron chi connectivity index (χ2n) is 6.67. The molecule has 1 aromatic rings. The van der Waals surface area contributed by atoms with Gasteiger partial charge in [0.25, 0.3) is 0 Å². The molecule has 0 aliphatic heterocycles. The highest BCUT2D eigenvalue weighted by Crippen LogP contribution is 2.28. The first-order valence-corrected chi connectivity index (χ1v) is 9.32. The molecule has 152 valence electrons. The molecule has 0 atom stereocenters. The molecule has 0 N–H and O–H groups in total. The molecule has 0 unspecified atom stereocenters. The summed E-state index contributed by atoms with van der Waals surface area (Å²) in [6.07, 6.45) is 4.84. The minimum atomic E-state index is -0.668. The Hall–Kier alpha value is -2.83. The Morgan fingerprint density at radius 3 is 2.39 bits per heavy atom. The van der Waals surface area contributed by atoms with Crippen LogP contribution in [0.3, 0.4) is 0 Å². The average molecular weight is 390 g/mol. The molecular weight excluding hydrogens is 364 g/mol. The molecule has 1 aliphatic carbocycles. The van der Waals surface area contributed by atoms with Crippen molar-refractivity contribution >= 4 is 17.9 Å². The Balaban J connectivity index is 1.97. The lowest BCUT2D eigenvalue weighted by Gasteiger charge is -2.20. The maximum atomic E-state index is 12.3. The number of benzene rings is 1. The highest BCUT2D eigenvalue weighted by Gasteiger charge is 2.24. The van der Waals surface area contributed by atoms with Crippen LogP contribution in [0.2, 0.25) is 0 Å². The van der Waals surface area contributed by atoms with E-state index in [1.807, 2.05) is 0 Å². The molecular formula is C21H26O7. The highest BCUT2D eigenvalue weighted by atomic mass is 16.6. The van der Waals surface area contributed by atoms with Gasteiger partial charge in [-0.2, -0.15) is 0 Å². The van der Waals surface area contributed by atoms with Crippen molar-refractivity contribution in [1.29, 1.82) is 0 Å². The Kier molecular flexibility index (Phi) is 8.04. The minimum Gasteiger partial charge on any atom is -0.496 e. The summed E-state index contributed by atoms with van der Waals surface area (Å²) >= 11 is 0. The van der Waals surface area contributed by atoms with Crippen LogP contribution in [-0.2, 0) is 19.1 Å². The maximum Gasteiger partial charge on any atom is 0.342 e. The first-order chi connectivity index (χ1) is 13.4. The number of hydrogen-bond acceptors (Lipinski definition) is 7. The van der Waals surface area contributed by atoms with Gasteiger partial charge in [0.15, 0.2) is 0 Å². The predicted octanol–water partition coefficient (Wildman–Crippen LogP) is 3.46. The van der Waals surface area contributed by atoms with Crippen molar-refractivity contribution < 1.29 is 33.3 Å². The fourth-order valence-electron chi connectivity index (χ4n) is 2.92. The van der Waals surface area contributed by atoms with Gasteiger partial charge >= 0.3 is 17.9 Å². The zero-order valence-corrected chi connectivity index (χ0v) is 16.3. The number of esters is 3. The summed E-state index contributed by atoms with van der Waals surface area (Å²) < 4.78 is 20.6. The van der Waals surface area contributed by atoms with Crippen LogP contribution < -0.4 is 9.47 Å². The summed E-state index contributed by atoms with van der Waals surface area (Å²) in [4.78, 5) is 36.0. The zero-order chi connectivity index (χ0) is 20.5. The van der Waals surface area contributed by atoms with Gasteiger partial charge in [0, 0.05) is 5.57 Å². The van der Waals surface area contributed by atoms with E-state index in [0.717, 1.165) is 32.1 Å². The Labute approximate surface area is 164 Å². The smallest absolute Gasteiger partial charge is 0.342 e. The number of hydrogen-bond donors (Lipinski definition) is 0. The van der Waals surface area contributed by atoms with Crippen molar-refractivity contribution in [1.82, 2.24) is 0 Å². The summed E-state index contributed by atoms with van der Waals surface area (Å²) in [5.41, 5.74) is 0.392. The fourth-order valence-corrected chi connectivity index (χ4v) is 2.92. The minimum absolute atomic E-state index is 0.0872. The van der Waals surface area contributed by atoms with Crippen molar-refractivity contribution in [2.75, 3.05) is 20.3 Å². The molecule has 0 heterocycles. The van der Waals surface area contributed by atoms with E-state index in [1.54, 1.807) is 12.1 Å². The third-order valence-corrected chi connectivity index (χ3v) is 4.45. The second-order valence-corrected chi connectivity index (χ2v) is 6.67. The van der Waals surface area contributed by atoms with E-state index < -0.39 is 11.9 Å². The number of methoxy groups -OCH3 is 1. The van der Waals surface area contributed by atoms with Crippen LogP contribution in [0.1, 0.15) is 49.4 Å². The van der Waals surface area contributed by atoms with Crippen LogP contribution >= 0.6 is 0 Å². The van der Waals surface area contributed by atoms with E-state index in [0.29, 0.717) is 5.75 Å². The molecule has 0 amide bonds. The lowest BCUT2D eigenvalue weighted by atomic mass is 9.89. The molecule has 1 fully saturated rings. The van der Waals surface area contributed by atoms with Crippen LogP contribution in [-0.4, -0.2) is 38.2 Å². The highest BCUT2D eigenvalue weighted by molar-refractivity contribution is 5.93. The van der Waals surface area contributed by atoms with Gasteiger partial charge < -0.3 is 18.9 Å². The predicted molar refractivity (Wildman–Crippen MR) is 101 cm³/mol. The first kappa shape index (κ1) is 21.5. The molecule has 0 bridgehead atoms. The van der Waals surface area contributed by atoms with E-state index in [2.05, 4.69) is 6.58 Å². The third-order valence-electron chi connectivity index (χ3n) is 4.45. The molecule has 2 rings (SSSR count). The van der Waals surface area contributed by atoms with Crippen molar-refractivity contribution in [3.63, 3.8) is 0 Å². The van der Waals surface area contributed by atoms with E-state index in [1.165, 1.54) is 20.1 Å². The van der Waals surface area contributed by atoms with Crippen LogP contribution in [0.5, 0.6) is 11.5 Å². The molecule has 0 saturated heterocycles. The molecule has 1 aliphatic rings. The van der Waals surface area contributed by atoms with Crippen LogP contribution in [0.4, 0.5) is 0 Å². The average Bonchev–Trinajstić information content (AvgIpc) is 2.71. The standard InChI is InChI=1S/C21H26O7/c1-14(2)19(22)26-11-12-27-21(24)17-13-16(9-10-18(17)25-3)28-20(23)15-7-5-4-6-8-15/h9-10,13,15H,1,4-8,11-12H2,2-3H3. The topological polar surface area (TPSA) is 88.1 Å². The lowest BCUT2D eigenvalue weighted by molar-refractivity contribution is -0.140. The van der Waals surface area contributed by atoms with Gasteiger partial charge in [-0.25, -0.2) is 9.59 Å². The van der Waals surface area contributed by atoms with Gasteiger partial charge in [0.2, 0.25) is 0 Å². The number of carbonyl (C=O) groups is 3. The monoisotopic (exact) mass is 390 g/mol. The van der Waals surface area contributed by atoms with E-state index in [9.17, 15) is 14.4 Å². The summed E-state index contributed by atoms with van der Waals surface area (Å²) in [6, 6.07) is 4.54. The van der Waals surface area contributed by atoms with Gasteiger partial charge in [-0.3, -0.25) is 4.79 Å². The Morgan fingerprint density at radius 2 is 1.75 bits per heavy atom. The van der Waals surface area contributed by atoms with Gasteiger partial charge in [0.05, 0.1) is 13.0 Å². The first-order valence-electron chi connectivity index (χ1n) is 9.32. The molecule has 1 aromatic carbocycles. The van der Waals surface area contributed by atoms with Crippen molar-refractivity contribution in [2.24, 2.45) is 5.92 Å². The van der Waals surface area contributed by atoms with Crippen molar-refractivity contribution in [3.05, 3.63) is 35.9 Å². The number of carbonyl (C=O) groups excluding carboxylic acids is 3. The quantitative estimate of drug-likeness (QED) is 0.291. The van der Waals surface area contributed by atoms with Crippen LogP contribution in [0.15, 0.2) is 30.4 Å². The molecule has 0 spiro atoms. The molecule has 1 saturated carbocycles. The molecule has 7 heteroatoms. The van der Waals surface area contributed by atoms with Gasteiger partial charge in [-0.15, -0.1) is 0 Å². The van der Waals surface area contributed by atoms with E-state index >= 15 is 0 Å². The van der Waals surface area contributed by atoms with Gasteiger partial charge in [-0.05, 0) is 38.0 Å². The molecule has 7 nitrogen and oxygen atoms in total. The Morgan fingerprint density at radius 1 is 1.07 bits per heavy atom. The number of ether oxygens (including phenoxy) is 4. The van der Waals surface area contributed by atoms with Crippen LogP contribution in [0.25, 0.3) is 0 Å².